The van der Waals surface area contributed by atoms with E-state index in [2.05, 4.69) is 5.32 Å². The van der Waals surface area contributed by atoms with E-state index in [0.29, 0.717) is 19.4 Å². The van der Waals surface area contributed by atoms with Gasteiger partial charge in [-0.05, 0) is 38.7 Å². The molecule has 1 aromatic rings. The van der Waals surface area contributed by atoms with Gasteiger partial charge in [-0.3, -0.25) is 14.4 Å². The van der Waals surface area contributed by atoms with Crippen LogP contribution in [0.1, 0.15) is 51.1 Å². The number of nitrogens with one attached hydrogen (secondary N) is 1. The summed E-state index contributed by atoms with van der Waals surface area (Å²) in [5.74, 6) is -1.17. The number of benzene rings is 1. The van der Waals surface area contributed by atoms with Crippen LogP contribution in [0.4, 0.5) is 0 Å². The number of amides is 2. The van der Waals surface area contributed by atoms with Crippen molar-refractivity contribution in [3.8, 4) is 0 Å². The Labute approximate surface area is 148 Å². The average molecular weight is 346 g/mol. The van der Waals surface area contributed by atoms with E-state index in [1.165, 1.54) is 0 Å². The molecule has 1 aliphatic heterocycles. The van der Waals surface area contributed by atoms with Crippen molar-refractivity contribution in [2.45, 2.75) is 45.6 Å². The van der Waals surface area contributed by atoms with Crippen LogP contribution in [-0.2, 0) is 14.4 Å². The predicted molar refractivity (Wildman–Crippen MR) is 93.8 cm³/mol. The Morgan fingerprint density at radius 2 is 1.92 bits per heavy atom. The van der Waals surface area contributed by atoms with Gasteiger partial charge in [-0.1, -0.05) is 30.3 Å². The Morgan fingerprint density at radius 3 is 2.52 bits per heavy atom. The number of likely N-dealkylation sites (tertiary alicyclic amines) is 1. The first-order valence-corrected chi connectivity index (χ1v) is 8.68. The standard InChI is InChI=1S/C19H26N2O4/c1-19(2,18(24)25)11-12-20-17(23)16(14-8-4-3-5-9-14)21-13-7-6-10-15(21)22/h3-5,8-9,16H,6-7,10-13H2,1-2H3,(H,20,23)(H,24,25). The van der Waals surface area contributed by atoms with Crippen LogP contribution in [0, 0.1) is 5.41 Å². The largest absolute Gasteiger partial charge is 0.481 e. The monoisotopic (exact) mass is 346 g/mol. The lowest BCUT2D eigenvalue weighted by Crippen LogP contribution is -2.46. The minimum atomic E-state index is -0.906. The molecule has 136 valence electrons. The smallest absolute Gasteiger partial charge is 0.309 e. The van der Waals surface area contributed by atoms with Crippen LogP contribution in [0.25, 0.3) is 0 Å². The van der Waals surface area contributed by atoms with Gasteiger partial charge in [0.15, 0.2) is 0 Å². The molecule has 2 rings (SSSR count). The molecule has 0 aliphatic carbocycles. The van der Waals surface area contributed by atoms with E-state index in [1.54, 1.807) is 18.7 Å². The highest BCUT2D eigenvalue weighted by Crippen LogP contribution is 2.26. The van der Waals surface area contributed by atoms with E-state index in [-0.39, 0.29) is 18.4 Å². The second-order valence-electron chi connectivity index (χ2n) is 7.09. The molecule has 2 amide bonds. The highest BCUT2D eigenvalue weighted by atomic mass is 16.4. The summed E-state index contributed by atoms with van der Waals surface area (Å²) < 4.78 is 0. The molecule has 0 spiro atoms. The van der Waals surface area contributed by atoms with Crippen molar-refractivity contribution in [2.75, 3.05) is 13.1 Å². The lowest BCUT2D eigenvalue weighted by molar-refractivity contribution is -0.147. The number of hydrogen-bond acceptors (Lipinski definition) is 3. The van der Waals surface area contributed by atoms with Crippen molar-refractivity contribution >= 4 is 17.8 Å². The highest BCUT2D eigenvalue weighted by molar-refractivity contribution is 5.89. The maximum absolute atomic E-state index is 12.8. The van der Waals surface area contributed by atoms with Crippen LogP contribution in [0.2, 0.25) is 0 Å². The number of carbonyl (C=O) groups is 3. The highest BCUT2D eigenvalue weighted by Gasteiger charge is 2.33. The van der Waals surface area contributed by atoms with Crippen LogP contribution in [0.15, 0.2) is 30.3 Å². The molecule has 2 N–H and O–H groups in total. The molecule has 0 radical (unpaired) electrons. The van der Waals surface area contributed by atoms with E-state index >= 15 is 0 Å². The Kier molecular flexibility index (Phi) is 6.17. The minimum Gasteiger partial charge on any atom is -0.481 e. The predicted octanol–water partition coefficient (Wildman–Crippen LogP) is 2.36. The second kappa shape index (κ2) is 8.14. The van der Waals surface area contributed by atoms with Crippen molar-refractivity contribution in [3.63, 3.8) is 0 Å². The summed E-state index contributed by atoms with van der Waals surface area (Å²) in [5.41, 5.74) is -0.135. The molecule has 1 unspecified atom stereocenters. The second-order valence-corrected chi connectivity index (χ2v) is 7.09. The zero-order valence-corrected chi connectivity index (χ0v) is 14.8. The summed E-state index contributed by atoms with van der Waals surface area (Å²) in [6, 6.07) is 8.57. The third kappa shape index (κ3) is 4.81. The molecule has 1 heterocycles. The van der Waals surface area contributed by atoms with E-state index in [9.17, 15) is 14.4 Å². The van der Waals surface area contributed by atoms with Gasteiger partial charge in [0.2, 0.25) is 11.8 Å². The van der Waals surface area contributed by atoms with Crippen LogP contribution in [0.3, 0.4) is 0 Å². The Hall–Kier alpha value is -2.37. The number of carbonyl (C=O) groups excluding carboxylic acids is 2. The first kappa shape index (κ1) is 19.0. The van der Waals surface area contributed by atoms with Crippen molar-refractivity contribution in [1.29, 1.82) is 0 Å². The van der Waals surface area contributed by atoms with Gasteiger partial charge in [-0.25, -0.2) is 0 Å². The van der Waals surface area contributed by atoms with E-state index in [0.717, 1.165) is 18.4 Å². The molecule has 1 fully saturated rings. The fraction of sp³-hybridized carbons (Fsp3) is 0.526. The molecular formula is C19H26N2O4. The average Bonchev–Trinajstić information content (AvgIpc) is 2.57. The number of rotatable bonds is 7. The van der Waals surface area contributed by atoms with Crippen LogP contribution in [0.5, 0.6) is 0 Å². The van der Waals surface area contributed by atoms with Gasteiger partial charge in [0.25, 0.3) is 0 Å². The number of carboxylic acid groups (broad SMARTS) is 1. The lowest BCUT2D eigenvalue weighted by atomic mass is 9.89. The van der Waals surface area contributed by atoms with Gasteiger partial charge in [0.1, 0.15) is 6.04 Å². The van der Waals surface area contributed by atoms with Crippen molar-refractivity contribution in [1.82, 2.24) is 10.2 Å². The summed E-state index contributed by atoms with van der Waals surface area (Å²) in [6.07, 6.45) is 2.52. The first-order valence-electron chi connectivity index (χ1n) is 8.68. The van der Waals surface area contributed by atoms with Crippen molar-refractivity contribution < 1.29 is 19.5 Å². The van der Waals surface area contributed by atoms with Crippen LogP contribution < -0.4 is 5.32 Å². The van der Waals surface area contributed by atoms with Gasteiger partial charge >= 0.3 is 5.97 Å². The summed E-state index contributed by atoms with van der Waals surface area (Å²) in [5, 5.41) is 12.0. The van der Waals surface area contributed by atoms with Gasteiger partial charge in [0.05, 0.1) is 5.41 Å². The summed E-state index contributed by atoms with van der Waals surface area (Å²) in [7, 11) is 0. The molecule has 1 saturated heterocycles. The topological polar surface area (TPSA) is 86.7 Å². The molecule has 0 saturated carbocycles. The zero-order valence-electron chi connectivity index (χ0n) is 14.8. The summed E-state index contributed by atoms with van der Waals surface area (Å²) >= 11 is 0. The van der Waals surface area contributed by atoms with E-state index < -0.39 is 17.4 Å². The molecule has 6 heteroatoms. The van der Waals surface area contributed by atoms with Gasteiger partial charge in [-0.2, -0.15) is 0 Å². The Bertz CT molecular complexity index is 628. The molecule has 0 aromatic heterocycles. The maximum Gasteiger partial charge on any atom is 0.309 e. The lowest BCUT2D eigenvalue weighted by Gasteiger charge is -2.34. The molecular weight excluding hydrogens is 320 g/mol. The third-order valence-electron chi connectivity index (χ3n) is 4.66. The fourth-order valence-corrected chi connectivity index (χ4v) is 2.91. The molecule has 1 atom stereocenters. The molecule has 6 nitrogen and oxygen atoms in total. The fourth-order valence-electron chi connectivity index (χ4n) is 2.91. The number of piperidine rings is 1. The quantitative estimate of drug-likeness (QED) is 0.793. The first-order chi connectivity index (χ1) is 11.8. The van der Waals surface area contributed by atoms with Crippen LogP contribution >= 0.6 is 0 Å². The summed E-state index contributed by atoms with van der Waals surface area (Å²) in [4.78, 5) is 37.9. The number of hydrogen-bond donors (Lipinski definition) is 2. The molecule has 1 aromatic carbocycles. The Balaban J connectivity index is 2.11. The number of carboxylic acids is 1. The molecule has 1 aliphatic rings. The van der Waals surface area contributed by atoms with Crippen LogP contribution in [-0.4, -0.2) is 40.9 Å². The van der Waals surface area contributed by atoms with Gasteiger partial charge in [0, 0.05) is 19.5 Å². The van der Waals surface area contributed by atoms with Gasteiger partial charge in [-0.15, -0.1) is 0 Å². The minimum absolute atomic E-state index is 0.0129. The van der Waals surface area contributed by atoms with Crippen molar-refractivity contribution in [2.24, 2.45) is 5.41 Å². The van der Waals surface area contributed by atoms with Gasteiger partial charge < -0.3 is 15.3 Å². The summed E-state index contributed by atoms with van der Waals surface area (Å²) in [6.45, 7) is 4.07. The number of nitrogens with zero attached hydrogens (tertiary/aromatic N) is 1. The van der Waals surface area contributed by atoms with E-state index in [1.807, 2.05) is 30.3 Å². The molecule has 25 heavy (non-hydrogen) atoms. The third-order valence-corrected chi connectivity index (χ3v) is 4.66. The number of aliphatic carboxylic acids is 1. The SMILES string of the molecule is CC(C)(CCNC(=O)C(c1ccccc1)N1CCCCC1=O)C(=O)O. The normalized spacial score (nSPS) is 16.4. The molecule has 0 bridgehead atoms. The zero-order chi connectivity index (χ0) is 18.4. The van der Waals surface area contributed by atoms with Crippen molar-refractivity contribution in [3.05, 3.63) is 35.9 Å². The maximum atomic E-state index is 12.8. The van der Waals surface area contributed by atoms with E-state index in [4.69, 9.17) is 5.11 Å². The Morgan fingerprint density at radius 1 is 1.24 bits per heavy atom.